The van der Waals surface area contributed by atoms with E-state index < -0.39 is 0 Å². The normalized spacial score (nSPS) is 18.7. The minimum Gasteiger partial charge on any atom is -0.396 e. The molecule has 1 saturated heterocycles. The van der Waals surface area contributed by atoms with E-state index in [1.165, 1.54) is 11.5 Å². The molecule has 13 heavy (non-hydrogen) atoms. The predicted molar refractivity (Wildman–Crippen MR) is 59.2 cm³/mol. The number of thioether (sulfide) groups is 1. The lowest BCUT2D eigenvalue weighted by Crippen LogP contribution is -2.44. The van der Waals surface area contributed by atoms with Crippen molar-refractivity contribution in [2.45, 2.75) is 32.7 Å². The molecule has 0 amide bonds. The van der Waals surface area contributed by atoms with Gasteiger partial charge in [-0.2, -0.15) is 11.8 Å². The zero-order valence-electron chi connectivity index (χ0n) is 8.68. The fraction of sp³-hybridized carbons (Fsp3) is 1.00. The molecule has 0 aromatic heterocycles. The van der Waals surface area contributed by atoms with Crippen LogP contribution in [0.1, 0.15) is 26.7 Å². The van der Waals surface area contributed by atoms with E-state index in [1.54, 1.807) is 0 Å². The molecule has 2 nitrogen and oxygen atoms in total. The molecule has 0 aromatic carbocycles. The maximum Gasteiger partial charge on any atom is 0.0431 e. The first-order chi connectivity index (χ1) is 6.14. The predicted octanol–water partition coefficient (Wildman–Crippen LogP) is 1.49. The third-order valence-electron chi connectivity index (χ3n) is 2.52. The molecule has 1 aliphatic rings. The summed E-state index contributed by atoms with van der Waals surface area (Å²) >= 11 is 2.01. The quantitative estimate of drug-likeness (QED) is 0.686. The highest BCUT2D eigenvalue weighted by Gasteiger charge is 2.22. The van der Waals surface area contributed by atoms with Gasteiger partial charge < -0.3 is 10.4 Å². The highest BCUT2D eigenvalue weighted by molar-refractivity contribution is 8.00. The molecular formula is C10H21NOS. The Morgan fingerprint density at radius 1 is 1.46 bits per heavy atom. The SMILES string of the molecule is CC(C)(CCCO)CNC1CSC1. The lowest BCUT2D eigenvalue weighted by Gasteiger charge is -2.32. The molecule has 3 heteroatoms. The van der Waals surface area contributed by atoms with Gasteiger partial charge in [-0.1, -0.05) is 13.8 Å². The summed E-state index contributed by atoms with van der Waals surface area (Å²) in [6.07, 6.45) is 2.03. The van der Waals surface area contributed by atoms with Crippen molar-refractivity contribution in [1.82, 2.24) is 5.32 Å². The average molecular weight is 203 g/mol. The Morgan fingerprint density at radius 2 is 2.15 bits per heavy atom. The van der Waals surface area contributed by atoms with E-state index in [0.717, 1.165) is 25.4 Å². The van der Waals surface area contributed by atoms with Crippen LogP contribution in [0.15, 0.2) is 0 Å². The van der Waals surface area contributed by atoms with E-state index in [4.69, 9.17) is 5.11 Å². The molecule has 0 bridgehead atoms. The van der Waals surface area contributed by atoms with Gasteiger partial charge in [0, 0.05) is 30.7 Å². The van der Waals surface area contributed by atoms with Crippen LogP contribution in [0, 0.1) is 5.41 Å². The van der Waals surface area contributed by atoms with Gasteiger partial charge in [0.25, 0.3) is 0 Å². The van der Waals surface area contributed by atoms with Crippen LogP contribution in [0.4, 0.5) is 0 Å². The Morgan fingerprint density at radius 3 is 2.62 bits per heavy atom. The Labute approximate surface area is 85.5 Å². The molecule has 0 radical (unpaired) electrons. The van der Waals surface area contributed by atoms with Gasteiger partial charge in [-0.3, -0.25) is 0 Å². The Balaban J connectivity index is 2.08. The summed E-state index contributed by atoms with van der Waals surface area (Å²) in [5, 5.41) is 12.3. The van der Waals surface area contributed by atoms with Crippen molar-refractivity contribution in [1.29, 1.82) is 0 Å². The van der Waals surface area contributed by atoms with Crippen molar-refractivity contribution in [2.75, 3.05) is 24.7 Å². The monoisotopic (exact) mass is 203 g/mol. The number of aliphatic hydroxyl groups is 1. The minimum atomic E-state index is 0.322. The van der Waals surface area contributed by atoms with E-state index >= 15 is 0 Å². The van der Waals surface area contributed by atoms with Crippen molar-refractivity contribution in [3.63, 3.8) is 0 Å². The highest BCUT2D eigenvalue weighted by Crippen LogP contribution is 2.23. The lowest BCUT2D eigenvalue weighted by atomic mass is 9.87. The summed E-state index contributed by atoms with van der Waals surface area (Å²) in [4.78, 5) is 0. The van der Waals surface area contributed by atoms with E-state index in [1.807, 2.05) is 11.8 Å². The molecule has 0 spiro atoms. The van der Waals surface area contributed by atoms with Gasteiger partial charge in [0.2, 0.25) is 0 Å². The van der Waals surface area contributed by atoms with Crippen LogP contribution >= 0.6 is 11.8 Å². The van der Waals surface area contributed by atoms with Crippen LogP contribution in [0.2, 0.25) is 0 Å². The van der Waals surface area contributed by atoms with Crippen molar-refractivity contribution in [3.8, 4) is 0 Å². The summed E-state index contributed by atoms with van der Waals surface area (Å²) in [6, 6.07) is 0.749. The van der Waals surface area contributed by atoms with Crippen LogP contribution in [-0.2, 0) is 0 Å². The number of rotatable bonds is 6. The van der Waals surface area contributed by atoms with Crippen LogP contribution in [0.5, 0.6) is 0 Å². The topological polar surface area (TPSA) is 32.3 Å². The third kappa shape index (κ3) is 4.34. The fourth-order valence-electron chi connectivity index (χ4n) is 1.42. The highest BCUT2D eigenvalue weighted by atomic mass is 32.2. The Hall–Kier alpha value is 0.270. The van der Waals surface area contributed by atoms with Crippen LogP contribution in [0.25, 0.3) is 0 Å². The van der Waals surface area contributed by atoms with Crippen molar-refractivity contribution in [2.24, 2.45) is 5.41 Å². The van der Waals surface area contributed by atoms with Gasteiger partial charge in [-0.05, 0) is 18.3 Å². The van der Waals surface area contributed by atoms with Gasteiger partial charge in [0.1, 0.15) is 0 Å². The molecule has 0 aliphatic carbocycles. The largest absolute Gasteiger partial charge is 0.396 e. The molecule has 1 fully saturated rings. The van der Waals surface area contributed by atoms with Gasteiger partial charge >= 0.3 is 0 Å². The van der Waals surface area contributed by atoms with E-state index in [2.05, 4.69) is 19.2 Å². The zero-order chi connectivity index (χ0) is 9.73. The smallest absolute Gasteiger partial charge is 0.0431 e. The molecule has 0 saturated carbocycles. The van der Waals surface area contributed by atoms with Crippen molar-refractivity contribution < 1.29 is 5.11 Å². The van der Waals surface area contributed by atoms with Gasteiger partial charge in [-0.15, -0.1) is 0 Å². The molecule has 1 heterocycles. The first-order valence-corrected chi connectivity index (χ1v) is 6.21. The van der Waals surface area contributed by atoms with Crippen LogP contribution < -0.4 is 5.32 Å². The summed E-state index contributed by atoms with van der Waals surface area (Å²) < 4.78 is 0. The molecule has 1 aliphatic heterocycles. The first-order valence-electron chi connectivity index (χ1n) is 5.06. The summed E-state index contributed by atoms with van der Waals surface area (Å²) in [5.41, 5.74) is 0.336. The van der Waals surface area contributed by atoms with Crippen LogP contribution in [0.3, 0.4) is 0 Å². The molecule has 1 rings (SSSR count). The number of hydrogen-bond acceptors (Lipinski definition) is 3. The number of hydrogen-bond donors (Lipinski definition) is 2. The Kier molecular flexibility index (Phi) is 4.56. The van der Waals surface area contributed by atoms with E-state index in [0.29, 0.717) is 12.0 Å². The second kappa shape index (κ2) is 5.23. The summed E-state index contributed by atoms with van der Waals surface area (Å²) in [7, 11) is 0. The zero-order valence-corrected chi connectivity index (χ0v) is 9.49. The molecule has 78 valence electrons. The first kappa shape index (κ1) is 11.3. The Bertz CT molecular complexity index is 146. The minimum absolute atomic E-state index is 0.322. The van der Waals surface area contributed by atoms with Crippen molar-refractivity contribution >= 4 is 11.8 Å². The lowest BCUT2D eigenvalue weighted by molar-refractivity contribution is 0.233. The van der Waals surface area contributed by atoms with Crippen LogP contribution in [-0.4, -0.2) is 35.8 Å². The summed E-state index contributed by atoms with van der Waals surface area (Å²) in [6.45, 7) is 5.93. The second-order valence-electron chi connectivity index (χ2n) is 4.61. The van der Waals surface area contributed by atoms with Gasteiger partial charge in [0.05, 0.1) is 0 Å². The molecule has 0 aromatic rings. The van der Waals surface area contributed by atoms with Crippen molar-refractivity contribution in [3.05, 3.63) is 0 Å². The maximum atomic E-state index is 8.74. The van der Waals surface area contributed by atoms with Gasteiger partial charge in [0.15, 0.2) is 0 Å². The van der Waals surface area contributed by atoms with E-state index in [9.17, 15) is 0 Å². The van der Waals surface area contributed by atoms with E-state index in [-0.39, 0.29) is 0 Å². The molecule has 0 atom stereocenters. The van der Waals surface area contributed by atoms with Gasteiger partial charge in [-0.25, -0.2) is 0 Å². The average Bonchev–Trinajstić information content (AvgIpc) is 1.98. The molecule has 2 N–H and O–H groups in total. The third-order valence-corrected chi connectivity index (χ3v) is 3.80. The molecule has 0 unspecified atom stereocenters. The summed E-state index contributed by atoms with van der Waals surface area (Å²) in [5.74, 6) is 2.55. The standard InChI is InChI=1S/C10H21NOS/c1-10(2,4-3-5-12)8-11-9-6-13-7-9/h9,11-12H,3-8H2,1-2H3. The second-order valence-corrected chi connectivity index (χ2v) is 5.68. The number of nitrogens with one attached hydrogen (secondary N) is 1. The fourth-order valence-corrected chi connectivity index (χ4v) is 2.13. The maximum absolute atomic E-state index is 8.74. The molecular weight excluding hydrogens is 182 g/mol. The number of aliphatic hydroxyl groups excluding tert-OH is 1.